The van der Waals surface area contributed by atoms with Gasteiger partial charge in [-0.2, -0.15) is 0 Å². The number of likely N-dealkylation sites (tertiary alicyclic amines) is 1. The van der Waals surface area contributed by atoms with E-state index in [-0.39, 0.29) is 11.5 Å². The van der Waals surface area contributed by atoms with Gasteiger partial charge in [0.1, 0.15) is 5.60 Å². The average molecular weight is 373 g/mol. The number of hydrogen-bond acceptors (Lipinski definition) is 5. The Hall–Kier alpha value is -0.840. The fraction of sp³-hybridized carbons (Fsp3) is 0.833. The number of carbonyl (C=O) groups excluding carboxylic acids is 1. The topological polar surface area (TPSA) is 65.1 Å². The zero-order valence-electron chi connectivity index (χ0n) is 16.2. The third-order valence-electron chi connectivity index (χ3n) is 4.48. The number of allylic oxidation sites excluding steroid dienone is 1. The lowest BCUT2D eigenvalue weighted by atomic mass is 9.62. The Bertz CT molecular complexity index is 548. The van der Waals surface area contributed by atoms with Crippen molar-refractivity contribution in [3.05, 3.63) is 11.4 Å². The first-order chi connectivity index (χ1) is 11.6. The van der Waals surface area contributed by atoms with Crippen LogP contribution in [0.4, 0.5) is 4.79 Å². The first kappa shape index (κ1) is 20.5. The van der Waals surface area contributed by atoms with Crippen molar-refractivity contribution in [3.8, 4) is 0 Å². The van der Waals surface area contributed by atoms with Gasteiger partial charge in [-0.15, -0.1) is 0 Å². The summed E-state index contributed by atoms with van der Waals surface area (Å²) in [6.07, 6.45) is 3.50. The van der Waals surface area contributed by atoms with Crippen LogP contribution >= 0.6 is 7.60 Å². The lowest BCUT2D eigenvalue weighted by Gasteiger charge is -2.50. The Kier molecular flexibility index (Phi) is 6.40. The minimum atomic E-state index is -3.14. The molecule has 0 unspecified atom stereocenters. The molecule has 1 aliphatic heterocycles. The molecular weight excluding hydrogens is 341 g/mol. The minimum Gasteiger partial charge on any atom is -0.444 e. The fourth-order valence-corrected chi connectivity index (χ4v) is 5.25. The van der Waals surface area contributed by atoms with Crippen LogP contribution in [0.15, 0.2) is 11.4 Å². The van der Waals surface area contributed by atoms with Crippen molar-refractivity contribution < 1.29 is 23.1 Å². The van der Waals surface area contributed by atoms with Crippen LogP contribution in [0, 0.1) is 5.41 Å². The summed E-state index contributed by atoms with van der Waals surface area (Å²) in [5.74, 6) is 1.69. The molecule has 0 atom stereocenters. The first-order valence-electron chi connectivity index (χ1n) is 9.18. The Morgan fingerprint density at radius 1 is 1.24 bits per heavy atom. The summed E-state index contributed by atoms with van der Waals surface area (Å²) in [5.41, 5.74) is 0.717. The van der Waals surface area contributed by atoms with Crippen LogP contribution in [-0.2, 0) is 18.3 Å². The molecule has 0 N–H and O–H groups in total. The Balaban J connectivity index is 1.98. The van der Waals surface area contributed by atoms with E-state index in [0.717, 1.165) is 37.8 Å². The van der Waals surface area contributed by atoms with Crippen LogP contribution in [0.1, 0.15) is 60.3 Å². The van der Waals surface area contributed by atoms with E-state index in [1.165, 1.54) is 0 Å². The van der Waals surface area contributed by atoms with E-state index in [9.17, 15) is 9.36 Å². The summed E-state index contributed by atoms with van der Waals surface area (Å²) in [6.45, 7) is 11.4. The van der Waals surface area contributed by atoms with Gasteiger partial charge in [0, 0.05) is 18.9 Å². The van der Waals surface area contributed by atoms with Gasteiger partial charge in [-0.1, -0.05) is 5.57 Å². The number of rotatable bonds is 5. The monoisotopic (exact) mass is 373 g/mol. The summed E-state index contributed by atoms with van der Waals surface area (Å²) in [5, 5.41) is 0. The van der Waals surface area contributed by atoms with E-state index in [2.05, 4.69) is 0 Å². The van der Waals surface area contributed by atoms with Crippen LogP contribution in [0.3, 0.4) is 0 Å². The van der Waals surface area contributed by atoms with Crippen molar-refractivity contribution in [1.82, 2.24) is 4.90 Å². The van der Waals surface area contributed by atoms with E-state index in [1.807, 2.05) is 39.5 Å². The van der Waals surface area contributed by atoms with Gasteiger partial charge in [0.05, 0.1) is 13.2 Å². The number of amides is 1. The Morgan fingerprint density at radius 3 is 2.36 bits per heavy atom. The molecule has 2 rings (SSSR count). The molecule has 1 saturated carbocycles. The molecule has 6 nitrogen and oxygen atoms in total. The molecule has 144 valence electrons. The normalized spacial score (nSPS) is 24.2. The maximum atomic E-state index is 12.6. The summed E-state index contributed by atoms with van der Waals surface area (Å²) in [6, 6.07) is 0. The Morgan fingerprint density at radius 2 is 1.84 bits per heavy atom. The summed E-state index contributed by atoms with van der Waals surface area (Å²) in [4.78, 5) is 14.1. The molecule has 2 fully saturated rings. The molecule has 0 radical (unpaired) electrons. The van der Waals surface area contributed by atoms with Crippen LogP contribution in [0.25, 0.3) is 0 Å². The highest BCUT2D eigenvalue weighted by Gasteiger charge is 2.46. The molecule has 1 spiro atoms. The molecule has 0 bridgehead atoms. The van der Waals surface area contributed by atoms with Crippen molar-refractivity contribution in [2.75, 3.05) is 26.3 Å². The molecular formula is C18H32NO5P. The first-order valence-corrected chi connectivity index (χ1v) is 10.8. The van der Waals surface area contributed by atoms with Gasteiger partial charge in [-0.3, -0.25) is 4.57 Å². The number of nitrogens with zero attached hydrogens (tertiary/aromatic N) is 1. The standard InChI is InChI=1S/C18H32NO5P/c1-6-22-25(21,23-7-2)13-15-11-18(12-15)9-8-10-19(14-18)16(20)24-17(3,4)5/h13H,6-12,14H2,1-5H3. The molecule has 1 saturated heterocycles. The van der Waals surface area contributed by atoms with Crippen LogP contribution < -0.4 is 0 Å². The van der Waals surface area contributed by atoms with Crippen LogP contribution in [-0.4, -0.2) is 42.9 Å². The van der Waals surface area contributed by atoms with Crippen molar-refractivity contribution in [1.29, 1.82) is 0 Å². The van der Waals surface area contributed by atoms with E-state index in [0.29, 0.717) is 19.8 Å². The van der Waals surface area contributed by atoms with Crippen molar-refractivity contribution >= 4 is 13.7 Å². The molecule has 1 aliphatic carbocycles. The van der Waals surface area contributed by atoms with Crippen molar-refractivity contribution in [2.45, 2.75) is 65.9 Å². The molecule has 0 aromatic rings. The largest absolute Gasteiger partial charge is 0.444 e. The predicted octanol–water partition coefficient (Wildman–Crippen LogP) is 4.95. The average Bonchev–Trinajstić information content (AvgIpc) is 2.44. The van der Waals surface area contributed by atoms with Gasteiger partial charge in [-0.25, -0.2) is 4.79 Å². The van der Waals surface area contributed by atoms with E-state index in [1.54, 1.807) is 5.82 Å². The van der Waals surface area contributed by atoms with E-state index in [4.69, 9.17) is 13.8 Å². The number of piperidine rings is 1. The van der Waals surface area contributed by atoms with Crippen molar-refractivity contribution in [2.24, 2.45) is 5.41 Å². The molecule has 0 aromatic carbocycles. The van der Waals surface area contributed by atoms with Gasteiger partial charge in [0.25, 0.3) is 0 Å². The van der Waals surface area contributed by atoms with Gasteiger partial charge >= 0.3 is 13.7 Å². The predicted molar refractivity (Wildman–Crippen MR) is 97.6 cm³/mol. The SMILES string of the molecule is CCOP(=O)(C=C1CC2(CCCN(C(=O)OC(C)(C)C)C2)C1)OCC. The maximum Gasteiger partial charge on any atom is 0.410 e. The van der Waals surface area contributed by atoms with E-state index >= 15 is 0 Å². The molecule has 1 amide bonds. The van der Waals surface area contributed by atoms with Gasteiger partial charge < -0.3 is 18.7 Å². The van der Waals surface area contributed by atoms with Crippen LogP contribution in [0.2, 0.25) is 0 Å². The molecule has 25 heavy (non-hydrogen) atoms. The second-order valence-corrected chi connectivity index (χ2v) is 9.88. The molecule has 0 aromatic heterocycles. The summed E-state index contributed by atoms with van der Waals surface area (Å²) >= 11 is 0. The third-order valence-corrected chi connectivity index (χ3v) is 6.39. The summed E-state index contributed by atoms with van der Waals surface area (Å²) in [7, 11) is -3.14. The molecule has 2 aliphatic rings. The Labute approximate surface area is 151 Å². The molecule has 7 heteroatoms. The van der Waals surface area contributed by atoms with Gasteiger partial charge in [-0.05, 0) is 65.7 Å². The second-order valence-electron chi connectivity index (χ2n) is 8.02. The number of hydrogen-bond donors (Lipinski definition) is 0. The second kappa shape index (κ2) is 7.81. The smallest absolute Gasteiger partial charge is 0.410 e. The van der Waals surface area contributed by atoms with Crippen molar-refractivity contribution in [3.63, 3.8) is 0 Å². The lowest BCUT2D eigenvalue weighted by Crippen LogP contribution is -2.51. The lowest BCUT2D eigenvalue weighted by molar-refractivity contribution is -0.00381. The third kappa shape index (κ3) is 5.57. The highest BCUT2D eigenvalue weighted by Crippen LogP contribution is 2.57. The highest BCUT2D eigenvalue weighted by molar-refractivity contribution is 7.57. The fourth-order valence-electron chi connectivity index (χ4n) is 3.68. The van der Waals surface area contributed by atoms with E-state index < -0.39 is 13.2 Å². The number of ether oxygens (including phenoxy) is 1. The number of carbonyl (C=O) groups is 1. The highest BCUT2D eigenvalue weighted by atomic mass is 31.2. The maximum absolute atomic E-state index is 12.6. The quantitative estimate of drug-likeness (QED) is 0.638. The summed E-state index contributed by atoms with van der Waals surface area (Å²) < 4.78 is 28.8. The molecule has 1 heterocycles. The van der Waals surface area contributed by atoms with Gasteiger partial charge in [0.2, 0.25) is 0 Å². The minimum absolute atomic E-state index is 0.0875. The van der Waals surface area contributed by atoms with Crippen LogP contribution in [0.5, 0.6) is 0 Å². The van der Waals surface area contributed by atoms with Gasteiger partial charge in [0.15, 0.2) is 0 Å². The zero-order chi connectivity index (χ0) is 18.7. The zero-order valence-corrected chi connectivity index (χ0v) is 17.1.